The van der Waals surface area contributed by atoms with Gasteiger partial charge in [-0.25, -0.2) is 8.42 Å². The number of furan rings is 1. The van der Waals surface area contributed by atoms with Gasteiger partial charge < -0.3 is 9.73 Å². The van der Waals surface area contributed by atoms with Crippen LogP contribution in [0.2, 0.25) is 0 Å². The van der Waals surface area contributed by atoms with Crippen molar-refractivity contribution in [3.8, 4) is 0 Å². The lowest BCUT2D eigenvalue weighted by Gasteiger charge is -2.10. The summed E-state index contributed by atoms with van der Waals surface area (Å²) in [6.45, 7) is 0. The summed E-state index contributed by atoms with van der Waals surface area (Å²) in [5.41, 5.74) is 0.803. The van der Waals surface area contributed by atoms with Crippen LogP contribution in [0, 0.1) is 0 Å². The molecule has 8 heteroatoms. The van der Waals surface area contributed by atoms with Gasteiger partial charge in [0.15, 0.2) is 0 Å². The average Bonchev–Trinajstić information content (AvgIpc) is 3.16. The van der Waals surface area contributed by atoms with Crippen molar-refractivity contribution in [2.24, 2.45) is 0 Å². The number of anilines is 2. The van der Waals surface area contributed by atoms with Crippen LogP contribution in [0.1, 0.15) is 5.76 Å². The number of rotatable bonds is 6. The van der Waals surface area contributed by atoms with Gasteiger partial charge in [-0.05, 0) is 60.7 Å². The number of benzene rings is 2. The molecule has 0 spiro atoms. The molecule has 3 rings (SSSR count). The Balaban J connectivity index is 1.72. The molecule has 3 aromatic rings. The van der Waals surface area contributed by atoms with Gasteiger partial charge in [-0.15, -0.1) is 0 Å². The first-order valence-corrected chi connectivity index (χ1v) is 10.1. The summed E-state index contributed by atoms with van der Waals surface area (Å²) < 4.78 is 33.5. The molecule has 2 N–H and O–H groups in total. The first-order valence-electron chi connectivity index (χ1n) is 7.83. The fraction of sp³-hybridized carbons (Fsp3) is 0. The lowest BCUT2D eigenvalue weighted by molar-refractivity contribution is -0.111. The Hall–Kier alpha value is -2.84. The maximum Gasteiger partial charge on any atom is 0.261 e. The second kappa shape index (κ2) is 8.24. The molecule has 1 aromatic heterocycles. The van der Waals surface area contributed by atoms with Crippen LogP contribution < -0.4 is 10.0 Å². The first kappa shape index (κ1) is 18.9. The fourth-order valence-electron chi connectivity index (χ4n) is 2.20. The zero-order valence-electron chi connectivity index (χ0n) is 13.9. The average molecular weight is 447 g/mol. The fourth-order valence-corrected chi connectivity index (χ4v) is 3.57. The molecule has 0 radical (unpaired) electrons. The zero-order valence-corrected chi connectivity index (χ0v) is 16.3. The Labute approximate surface area is 165 Å². The molecule has 27 heavy (non-hydrogen) atoms. The van der Waals surface area contributed by atoms with Crippen LogP contribution in [0.4, 0.5) is 11.4 Å². The van der Waals surface area contributed by atoms with Crippen molar-refractivity contribution in [1.82, 2.24) is 0 Å². The van der Waals surface area contributed by atoms with Crippen molar-refractivity contribution < 1.29 is 17.6 Å². The Bertz CT molecular complexity index is 1060. The molecule has 0 saturated carbocycles. The van der Waals surface area contributed by atoms with E-state index in [0.29, 0.717) is 17.1 Å². The molecule has 1 heterocycles. The number of carbonyl (C=O) groups is 1. The van der Waals surface area contributed by atoms with E-state index in [2.05, 4.69) is 26.0 Å². The second-order valence-electron chi connectivity index (χ2n) is 5.48. The van der Waals surface area contributed by atoms with Crippen LogP contribution in [0.25, 0.3) is 6.08 Å². The highest BCUT2D eigenvalue weighted by atomic mass is 79.9. The van der Waals surface area contributed by atoms with E-state index in [1.54, 1.807) is 48.5 Å². The second-order valence-corrected chi connectivity index (χ2v) is 8.08. The van der Waals surface area contributed by atoms with E-state index in [1.807, 2.05) is 0 Å². The van der Waals surface area contributed by atoms with Crippen molar-refractivity contribution in [2.75, 3.05) is 10.0 Å². The van der Waals surface area contributed by atoms with Gasteiger partial charge in [0.2, 0.25) is 5.91 Å². The zero-order chi connectivity index (χ0) is 19.3. The molecule has 1 amide bonds. The van der Waals surface area contributed by atoms with E-state index in [0.717, 1.165) is 4.47 Å². The lowest BCUT2D eigenvalue weighted by atomic mass is 10.3. The van der Waals surface area contributed by atoms with Crippen LogP contribution >= 0.6 is 15.9 Å². The highest BCUT2D eigenvalue weighted by Gasteiger charge is 2.15. The van der Waals surface area contributed by atoms with Crippen LogP contribution in [0.15, 0.2) is 86.8 Å². The number of carbonyl (C=O) groups excluding carboxylic acids is 1. The number of sulfonamides is 1. The summed E-state index contributed by atoms with van der Waals surface area (Å²) in [4.78, 5) is 12.0. The van der Waals surface area contributed by atoms with Crippen LogP contribution in [-0.4, -0.2) is 14.3 Å². The standard InChI is InChI=1S/C19H15BrN2O4S/c20-14-6-8-15(9-7-14)22-27(24,25)18-5-1-3-16(13-18)21-19(23)11-10-17-4-2-12-26-17/h1-13,22H,(H,21,23)/b11-10+. The lowest BCUT2D eigenvalue weighted by Crippen LogP contribution is -2.14. The summed E-state index contributed by atoms with van der Waals surface area (Å²) in [6, 6.07) is 16.2. The van der Waals surface area contributed by atoms with Gasteiger partial charge in [0.05, 0.1) is 11.2 Å². The van der Waals surface area contributed by atoms with Gasteiger partial charge in [0.1, 0.15) is 5.76 Å². The van der Waals surface area contributed by atoms with Gasteiger partial charge in [0.25, 0.3) is 10.0 Å². The number of hydrogen-bond acceptors (Lipinski definition) is 4. The van der Waals surface area contributed by atoms with Crippen molar-refractivity contribution in [3.05, 3.63) is 83.2 Å². The molecule has 0 aliphatic rings. The van der Waals surface area contributed by atoms with Crippen molar-refractivity contribution in [3.63, 3.8) is 0 Å². The molecule has 0 saturated heterocycles. The Kier molecular flexibility index (Phi) is 5.78. The van der Waals surface area contributed by atoms with Gasteiger partial charge in [0, 0.05) is 21.9 Å². The molecule has 2 aromatic carbocycles. The highest BCUT2D eigenvalue weighted by Crippen LogP contribution is 2.21. The summed E-state index contributed by atoms with van der Waals surface area (Å²) >= 11 is 3.30. The Morgan fingerprint density at radius 3 is 2.48 bits per heavy atom. The monoisotopic (exact) mass is 446 g/mol. The first-order chi connectivity index (χ1) is 12.9. The maximum absolute atomic E-state index is 12.5. The molecule has 6 nitrogen and oxygen atoms in total. The third kappa shape index (κ3) is 5.32. The Morgan fingerprint density at radius 1 is 1.00 bits per heavy atom. The van der Waals surface area contributed by atoms with Crippen LogP contribution in [0.3, 0.4) is 0 Å². The SMILES string of the molecule is O=C(/C=C/c1ccco1)Nc1cccc(S(=O)(=O)Nc2ccc(Br)cc2)c1. The molecule has 0 atom stereocenters. The molecule has 0 bridgehead atoms. The van der Waals surface area contributed by atoms with Crippen LogP contribution in [-0.2, 0) is 14.8 Å². The van der Waals surface area contributed by atoms with Gasteiger partial charge in [-0.1, -0.05) is 22.0 Å². The minimum atomic E-state index is -3.78. The molecule has 0 aliphatic heterocycles. The minimum absolute atomic E-state index is 0.0400. The number of hydrogen-bond donors (Lipinski definition) is 2. The van der Waals surface area contributed by atoms with E-state index < -0.39 is 15.9 Å². The summed E-state index contributed by atoms with van der Waals surface area (Å²) in [6.07, 6.45) is 4.33. The molecule has 0 aliphatic carbocycles. The van der Waals surface area contributed by atoms with Crippen LogP contribution in [0.5, 0.6) is 0 Å². The smallest absolute Gasteiger partial charge is 0.261 e. The van der Waals surface area contributed by atoms with E-state index >= 15 is 0 Å². The Morgan fingerprint density at radius 2 is 1.78 bits per heavy atom. The van der Waals surface area contributed by atoms with E-state index in [1.165, 1.54) is 30.5 Å². The summed E-state index contributed by atoms with van der Waals surface area (Å²) in [5, 5.41) is 2.62. The van der Waals surface area contributed by atoms with Gasteiger partial charge in [-0.2, -0.15) is 0 Å². The van der Waals surface area contributed by atoms with Crippen molar-refractivity contribution in [2.45, 2.75) is 4.90 Å². The summed E-state index contributed by atoms with van der Waals surface area (Å²) in [7, 11) is -3.78. The predicted molar refractivity (Wildman–Crippen MR) is 108 cm³/mol. The van der Waals surface area contributed by atoms with Gasteiger partial charge >= 0.3 is 0 Å². The molecular weight excluding hydrogens is 432 g/mol. The third-order valence-corrected chi connectivity index (χ3v) is 5.36. The third-order valence-electron chi connectivity index (χ3n) is 3.45. The highest BCUT2D eigenvalue weighted by molar-refractivity contribution is 9.10. The maximum atomic E-state index is 12.5. The molecule has 0 unspecified atom stereocenters. The van der Waals surface area contributed by atoms with Crippen molar-refractivity contribution in [1.29, 1.82) is 0 Å². The number of nitrogens with one attached hydrogen (secondary N) is 2. The number of amides is 1. The summed E-state index contributed by atoms with van der Waals surface area (Å²) in [5.74, 6) is 0.141. The minimum Gasteiger partial charge on any atom is -0.465 e. The number of halogens is 1. The van der Waals surface area contributed by atoms with E-state index in [-0.39, 0.29) is 4.90 Å². The molecule has 138 valence electrons. The largest absolute Gasteiger partial charge is 0.465 e. The predicted octanol–water partition coefficient (Wildman–Crippen LogP) is 4.49. The quantitative estimate of drug-likeness (QED) is 0.545. The van der Waals surface area contributed by atoms with E-state index in [9.17, 15) is 13.2 Å². The van der Waals surface area contributed by atoms with E-state index in [4.69, 9.17) is 4.42 Å². The van der Waals surface area contributed by atoms with Crippen molar-refractivity contribution >= 4 is 49.3 Å². The topological polar surface area (TPSA) is 88.4 Å². The normalized spacial score (nSPS) is 11.4. The van der Waals surface area contributed by atoms with Gasteiger partial charge in [-0.3, -0.25) is 9.52 Å². The molecule has 0 fully saturated rings. The molecular formula is C19H15BrN2O4S.